The number of nitrogens with zero attached hydrogens (tertiary/aromatic N) is 1. The lowest BCUT2D eigenvalue weighted by molar-refractivity contribution is -0.255. The molecule has 1 N–H and O–H groups in total. The van der Waals surface area contributed by atoms with Gasteiger partial charge in [0.15, 0.2) is 0 Å². The summed E-state index contributed by atoms with van der Waals surface area (Å²) in [7, 11) is 0. The Morgan fingerprint density at radius 3 is 2.12 bits per heavy atom. The van der Waals surface area contributed by atoms with E-state index < -0.39 is 17.8 Å². The first-order chi connectivity index (χ1) is 11.3. The van der Waals surface area contributed by atoms with Crippen LogP contribution in [0.4, 0.5) is 5.69 Å². The largest absolute Gasteiger partial charge is 0.545 e. The smallest absolute Gasteiger partial charge is 0.280 e. The van der Waals surface area contributed by atoms with Crippen LogP contribution in [-0.2, 0) is 0 Å². The van der Waals surface area contributed by atoms with Crippen LogP contribution in [0.3, 0.4) is 0 Å². The molecular formula is C15H6Cl3N2O4-. The van der Waals surface area contributed by atoms with Crippen molar-refractivity contribution >= 4 is 58.3 Å². The van der Waals surface area contributed by atoms with Crippen molar-refractivity contribution in [3.8, 4) is 0 Å². The van der Waals surface area contributed by atoms with Crippen LogP contribution in [0.15, 0.2) is 30.3 Å². The molecule has 0 aliphatic carbocycles. The lowest BCUT2D eigenvalue weighted by Gasteiger charge is -2.18. The normalized spacial score (nSPS) is 13.2. The summed E-state index contributed by atoms with van der Waals surface area (Å²) in [6.45, 7) is 0. The number of carbonyl (C=O) groups excluding carboxylic acids is 3. The number of halogens is 3. The molecule has 2 amide bonds. The van der Waals surface area contributed by atoms with Crippen LogP contribution in [0.25, 0.3) is 0 Å². The summed E-state index contributed by atoms with van der Waals surface area (Å²) < 4.78 is 0. The molecule has 2 aromatic rings. The van der Waals surface area contributed by atoms with Crippen LogP contribution < -0.4 is 10.5 Å². The van der Waals surface area contributed by atoms with E-state index >= 15 is 0 Å². The number of hydrogen-bond acceptors (Lipinski definition) is 5. The molecule has 9 heteroatoms. The van der Waals surface area contributed by atoms with Gasteiger partial charge in [0, 0.05) is 5.02 Å². The number of fused-ring (bicyclic) bond motifs is 1. The van der Waals surface area contributed by atoms with Crippen LogP contribution >= 0.6 is 34.8 Å². The molecule has 0 aromatic heterocycles. The topological polar surface area (TPSA) is 89.5 Å². The van der Waals surface area contributed by atoms with Gasteiger partial charge in [-0.2, -0.15) is 5.01 Å². The van der Waals surface area contributed by atoms with Gasteiger partial charge in [-0.3, -0.25) is 15.0 Å². The van der Waals surface area contributed by atoms with Crippen molar-refractivity contribution in [1.29, 1.82) is 0 Å². The zero-order chi connectivity index (χ0) is 17.6. The average molecular weight is 385 g/mol. The number of rotatable bonds is 3. The number of amides is 2. The second kappa shape index (κ2) is 5.98. The molecular weight excluding hydrogens is 379 g/mol. The minimum atomic E-state index is -1.45. The second-order valence-electron chi connectivity index (χ2n) is 4.85. The number of hydrazine groups is 1. The summed E-state index contributed by atoms with van der Waals surface area (Å²) in [5.41, 5.74) is 2.46. The zero-order valence-electron chi connectivity index (χ0n) is 11.6. The van der Waals surface area contributed by atoms with Crippen LogP contribution in [0.2, 0.25) is 15.1 Å². The molecule has 2 aromatic carbocycles. The SMILES string of the molecule is O=C([O-])c1ccc2c(c1)C(=O)N(Nc1c(Cl)cc(Cl)cc1Cl)C2=O. The zero-order valence-corrected chi connectivity index (χ0v) is 13.9. The number of carbonyl (C=O) groups is 3. The third-order valence-corrected chi connectivity index (χ3v) is 4.17. The van der Waals surface area contributed by atoms with Crippen LogP contribution in [0.5, 0.6) is 0 Å². The average Bonchev–Trinajstić information content (AvgIpc) is 2.74. The first-order valence-corrected chi connectivity index (χ1v) is 7.58. The standard InChI is InChI=1S/C15H7Cl3N2O4/c16-7-4-10(17)12(11(18)5-7)19-20-13(21)8-2-1-6(15(23)24)3-9(8)14(20)22/h1-5,19H,(H,23,24)/p-1. The Kier molecular flexibility index (Phi) is 4.13. The van der Waals surface area contributed by atoms with Crippen molar-refractivity contribution in [2.75, 3.05) is 5.43 Å². The van der Waals surface area contributed by atoms with Crippen molar-refractivity contribution < 1.29 is 19.5 Å². The number of carboxylic acids is 1. The van der Waals surface area contributed by atoms with Crippen LogP contribution in [-0.4, -0.2) is 22.8 Å². The van der Waals surface area contributed by atoms with Crippen molar-refractivity contribution in [1.82, 2.24) is 5.01 Å². The van der Waals surface area contributed by atoms with Gasteiger partial charge in [-0.05, 0) is 29.8 Å². The summed E-state index contributed by atoms with van der Waals surface area (Å²) in [6, 6.07) is 6.30. The molecule has 122 valence electrons. The summed E-state index contributed by atoms with van der Waals surface area (Å²) in [6.07, 6.45) is 0. The molecule has 0 atom stereocenters. The van der Waals surface area contributed by atoms with E-state index in [0.29, 0.717) is 5.01 Å². The Balaban J connectivity index is 1.99. The maximum absolute atomic E-state index is 12.4. The second-order valence-corrected chi connectivity index (χ2v) is 6.10. The number of aromatic carboxylic acids is 1. The van der Waals surface area contributed by atoms with Gasteiger partial charge in [0.05, 0.1) is 32.8 Å². The van der Waals surface area contributed by atoms with Gasteiger partial charge in [-0.15, -0.1) is 0 Å². The van der Waals surface area contributed by atoms with Crippen molar-refractivity contribution in [3.63, 3.8) is 0 Å². The number of anilines is 1. The maximum Gasteiger partial charge on any atom is 0.280 e. The third-order valence-electron chi connectivity index (χ3n) is 3.35. The molecule has 0 spiro atoms. The van der Waals surface area contributed by atoms with Crippen LogP contribution in [0, 0.1) is 0 Å². The van der Waals surface area contributed by atoms with Gasteiger partial charge in [-0.25, -0.2) is 0 Å². The van der Waals surface area contributed by atoms with E-state index in [2.05, 4.69) is 5.43 Å². The first kappa shape index (κ1) is 16.6. The fraction of sp³-hybridized carbons (Fsp3) is 0. The molecule has 0 saturated heterocycles. The minimum absolute atomic E-state index is 0.0544. The molecule has 0 fully saturated rings. The lowest BCUT2D eigenvalue weighted by Crippen LogP contribution is -2.35. The minimum Gasteiger partial charge on any atom is -0.545 e. The van der Waals surface area contributed by atoms with Crippen molar-refractivity contribution in [2.45, 2.75) is 0 Å². The van der Waals surface area contributed by atoms with E-state index in [1.165, 1.54) is 24.3 Å². The molecule has 0 unspecified atom stereocenters. The molecule has 0 saturated carbocycles. The summed E-state index contributed by atoms with van der Waals surface area (Å²) in [4.78, 5) is 35.6. The van der Waals surface area contributed by atoms with Crippen LogP contribution in [0.1, 0.15) is 31.1 Å². The number of carboxylic acid groups (broad SMARTS) is 1. The van der Waals surface area contributed by atoms with Gasteiger partial charge in [0.2, 0.25) is 0 Å². The molecule has 1 heterocycles. The molecule has 1 aliphatic rings. The van der Waals surface area contributed by atoms with Crippen molar-refractivity contribution in [2.24, 2.45) is 0 Å². The Labute approximate surface area is 150 Å². The summed E-state index contributed by atoms with van der Waals surface area (Å²) in [5, 5.41) is 12.1. The monoisotopic (exact) mass is 383 g/mol. The molecule has 3 rings (SSSR count). The number of hydrogen-bond donors (Lipinski definition) is 1. The molecule has 6 nitrogen and oxygen atoms in total. The highest BCUT2D eigenvalue weighted by Gasteiger charge is 2.36. The fourth-order valence-corrected chi connectivity index (χ4v) is 3.13. The molecule has 24 heavy (non-hydrogen) atoms. The van der Waals surface area contributed by atoms with E-state index in [1.807, 2.05) is 0 Å². The quantitative estimate of drug-likeness (QED) is 0.822. The van der Waals surface area contributed by atoms with Gasteiger partial charge in [0.25, 0.3) is 11.8 Å². The Hall–Kier alpha value is -2.28. The Bertz CT molecular complexity index is 891. The highest BCUT2D eigenvalue weighted by atomic mass is 35.5. The van der Waals surface area contributed by atoms with Gasteiger partial charge in [0.1, 0.15) is 0 Å². The summed E-state index contributed by atoms with van der Waals surface area (Å²) in [5.74, 6) is -2.85. The summed E-state index contributed by atoms with van der Waals surface area (Å²) >= 11 is 17.9. The predicted molar refractivity (Wildman–Crippen MR) is 86.4 cm³/mol. The highest BCUT2D eigenvalue weighted by Crippen LogP contribution is 2.35. The number of nitrogens with one attached hydrogen (secondary N) is 1. The number of benzene rings is 2. The van der Waals surface area contributed by atoms with Crippen molar-refractivity contribution in [3.05, 3.63) is 62.1 Å². The predicted octanol–water partition coefficient (Wildman–Crippen LogP) is 2.63. The lowest BCUT2D eigenvalue weighted by atomic mass is 10.1. The third kappa shape index (κ3) is 2.69. The molecule has 0 bridgehead atoms. The first-order valence-electron chi connectivity index (χ1n) is 6.45. The Morgan fingerprint density at radius 1 is 0.958 bits per heavy atom. The number of imide groups is 1. The maximum atomic E-state index is 12.4. The van der Waals surface area contributed by atoms with E-state index in [-0.39, 0.29) is 37.4 Å². The van der Waals surface area contributed by atoms with E-state index in [1.54, 1.807) is 0 Å². The van der Waals surface area contributed by atoms with Gasteiger partial charge >= 0.3 is 0 Å². The highest BCUT2D eigenvalue weighted by molar-refractivity contribution is 6.42. The van der Waals surface area contributed by atoms with Gasteiger partial charge < -0.3 is 9.90 Å². The van der Waals surface area contributed by atoms with E-state index in [4.69, 9.17) is 34.8 Å². The van der Waals surface area contributed by atoms with E-state index in [9.17, 15) is 19.5 Å². The Morgan fingerprint density at radius 2 is 1.54 bits per heavy atom. The van der Waals surface area contributed by atoms with Gasteiger partial charge in [-0.1, -0.05) is 40.9 Å². The fourth-order valence-electron chi connectivity index (χ4n) is 2.23. The van der Waals surface area contributed by atoms with E-state index in [0.717, 1.165) is 6.07 Å². The molecule has 1 aliphatic heterocycles. The molecule has 0 radical (unpaired) electrons.